The quantitative estimate of drug-likeness (QED) is 0.766. The van der Waals surface area contributed by atoms with Gasteiger partial charge in [0.2, 0.25) is 0 Å². The maximum absolute atomic E-state index is 12.1. The zero-order valence-corrected chi connectivity index (χ0v) is 19.5. The van der Waals surface area contributed by atoms with Gasteiger partial charge in [0.1, 0.15) is 17.2 Å². The maximum atomic E-state index is 12.1. The van der Waals surface area contributed by atoms with Gasteiger partial charge in [-0.2, -0.15) is 0 Å². The highest BCUT2D eigenvalue weighted by Crippen LogP contribution is 2.34. The topological polar surface area (TPSA) is 85.8 Å². The van der Waals surface area contributed by atoms with Crippen molar-refractivity contribution in [3.63, 3.8) is 0 Å². The van der Waals surface area contributed by atoms with Crippen LogP contribution in [0.15, 0.2) is 18.3 Å². The summed E-state index contributed by atoms with van der Waals surface area (Å²) < 4.78 is 17.4. The molecule has 8 nitrogen and oxygen atoms in total. The van der Waals surface area contributed by atoms with Gasteiger partial charge in [0.25, 0.3) is 0 Å². The maximum Gasteiger partial charge on any atom is 0.407 e. The first kappa shape index (κ1) is 22.6. The monoisotopic (exact) mass is 442 g/mol. The molecule has 1 saturated carbocycles. The first-order valence-electron chi connectivity index (χ1n) is 11.5. The van der Waals surface area contributed by atoms with Crippen LogP contribution in [0.2, 0.25) is 0 Å². The summed E-state index contributed by atoms with van der Waals surface area (Å²) in [6, 6.07) is 4.34. The van der Waals surface area contributed by atoms with Gasteiger partial charge in [0, 0.05) is 37.1 Å². The van der Waals surface area contributed by atoms with E-state index in [0.29, 0.717) is 0 Å². The molecule has 1 aromatic heterocycles. The Morgan fingerprint density at radius 1 is 1.16 bits per heavy atom. The number of benzene rings is 1. The fourth-order valence-corrected chi connectivity index (χ4v) is 4.26. The summed E-state index contributed by atoms with van der Waals surface area (Å²) >= 11 is 0. The van der Waals surface area contributed by atoms with E-state index < -0.39 is 5.60 Å². The van der Waals surface area contributed by atoms with Gasteiger partial charge in [0.15, 0.2) is 0 Å². The summed E-state index contributed by atoms with van der Waals surface area (Å²) in [6.45, 7) is 10.7. The third-order valence-electron chi connectivity index (χ3n) is 5.83. The summed E-state index contributed by atoms with van der Waals surface area (Å²) in [5, 5.41) is 3.92. The molecule has 0 atom stereocenters. The lowest BCUT2D eigenvalue weighted by molar-refractivity contribution is 0.0471. The van der Waals surface area contributed by atoms with Crippen molar-refractivity contribution in [1.29, 1.82) is 0 Å². The molecular weight excluding hydrogens is 408 g/mol. The standard InChI is InChI=1S/C24H34N4O4/c1-16-25-15-20-21(26-16)13-18(28-9-11-30-12-10-28)14-22(20)31-19-7-5-17(6-8-19)27-23(29)32-24(2,3)4/h13-15,17,19H,5-12H2,1-4H3,(H,27,29). The number of carbonyl (C=O) groups excluding carboxylic acids is 1. The summed E-state index contributed by atoms with van der Waals surface area (Å²) in [5.74, 6) is 1.57. The minimum Gasteiger partial charge on any atom is -0.490 e. The van der Waals surface area contributed by atoms with Crippen molar-refractivity contribution >= 4 is 22.7 Å². The van der Waals surface area contributed by atoms with E-state index in [-0.39, 0.29) is 18.2 Å². The Hall–Kier alpha value is -2.61. The second-order valence-electron chi connectivity index (χ2n) is 9.63. The van der Waals surface area contributed by atoms with Crippen LogP contribution in [0.5, 0.6) is 5.75 Å². The van der Waals surface area contributed by atoms with Crippen LogP contribution in [0.3, 0.4) is 0 Å². The number of morpholine rings is 1. The lowest BCUT2D eigenvalue weighted by Crippen LogP contribution is -2.42. The molecule has 0 radical (unpaired) electrons. The molecule has 174 valence electrons. The number of aryl methyl sites for hydroxylation is 1. The molecule has 2 fully saturated rings. The van der Waals surface area contributed by atoms with Gasteiger partial charge in [-0.1, -0.05) is 0 Å². The minimum atomic E-state index is -0.489. The number of fused-ring (bicyclic) bond motifs is 1. The minimum absolute atomic E-state index is 0.0936. The van der Waals surface area contributed by atoms with Crippen molar-refractivity contribution in [2.45, 2.75) is 71.1 Å². The van der Waals surface area contributed by atoms with E-state index >= 15 is 0 Å². The van der Waals surface area contributed by atoms with E-state index in [4.69, 9.17) is 14.2 Å². The predicted molar refractivity (Wildman–Crippen MR) is 123 cm³/mol. The van der Waals surface area contributed by atoms with Crippen molar-refractivity contribution < 1.29 is 19.0 Å². The fraction of sp³-hybridized carbons (Fsp3) is 0.625. The number of ether oxygens (including phenoxy) is 3. The Morgan fingerprint density at radius 3 is 2.56 bits per heavy atom. The van der Waals surface area contributed by atoms with Gasteiger partial charge in [0.05, 0.1) is 30.2 Å². The molecule has 0 spiro atoms. The number of rotatable bonds is 4. The van der Waals surface area contributed by atoms with Gasteiger partial charge < -0.3 is 24.4 Å². The molecule has 1 aliphatic carbocycles. The largest absolute Gasteiger partial charge is 0.490 e. The van der Waals surface area contributed by atoms with Crippen LogP contribution in [0.25, 0.3) is 10.9 Å². The number of nitrogens with zero attached hydrogens (tertiary/aromatic N) is 3. The Labute approximate surface area is 189 Å². The van der Waals surface area contributed by atoms with E-state index in [1.165, 1.54) is 0 Å². The number of aromatic nitrogens is 2. The van der Waals surface area contributed by atoms with Crippen molar-refractivity contribution in [2.75, 3.05) is 31.2 Å². The van der Waals surface area contributed by atoms with Crippen LogP contribution >= 0.6 is 0 Å². The average molecular weight is 443 g/mol. The third kappa shape index (κ3) is 5.79. The number of carbonyl (C=O) groups is 1. The van der Waals surface area contributed by atoms with E-state index in [2.05, 4.69) is 32.3 Å². The highest BCUT2D eigenvalue weighted by molar-refractivity contribution is 5.88. The molecule has 32 heavy (non-hydrogen) atoms. The second-order valence-corrected chi connectivity index (χ2v) is 9.63. The van der Waals surface area contributed by atoms with Crippen LogP contribution in [-0.4, -0.2) is 60.1 Å². The summed E-state index contributed by atoms with van der Waals surface area (Å²) in [4.78, 5) is 23.4. The van der Waals surface area contributed by atoms with E-state index in [0.717, 1.165) is 80.2 Å². The summed E-state index contributed by atoms with van der Waals surface area (Å²) in [6.07, 6.45) is 5.06. The van der Waals surface area contributed by atoms with E-state index in [9.17, 15) is 4.79 Å². The zero-order chi connectivity index (χ0) is 22.7. The van der Waals surface area contributed by atoms with Crippen LogP contribution in [0, 0.1) is 6.92 Å². The molecule has 1 amide bonds. The van der Waals surface area contributed by atoms with Crippen LogP contribution < -0.4 is 15.0 Å². The molecule has 2 heterocycles. The molecule has 1 N–H and O–H groups in total. The Bertz CT molecular complexity index is 945. The molecule has 2 aliphatic rings. The zero-order valence-electron chi connectivity index (χ0n) is 19.5. The van der Waals surface area contributed by atoms with Gasteiger partial charge in [-0.25, -0.2) is 14.8 Å². The molecule has 1 aromatic carbocycles. The number of alkyl carbamates (subject to hydrolysis) is 1. The second kappa shape index (κ2) is 9.48. The van der Waals surface area contributed by atoms with Crippen molar-refractivity contribution in [3.8, 4) is 5.75 Å². The first-order valence-corrected chi connectivity index (χ1v) is 11.5. The molecule has 1 aliphatic heterocycles. The number of amides is 1. The van der Waals surface area contributed by atoms with Gasteiger partial charge in [-0.3, -0.25) is 0 Å². The molecular formula is C24H34N4O4. The number of nitrogens with one attached hydrogen (secondary N) is 1. The molecule has 4 rings (SSSR count). The lowest BCUT2D eigenvalue weighted by atomic mass is 9.93. The van der Waals surface area contributed by atoms with Crippen LogP contribution in [0.1, 0.15) is 52.3 Å². The van der Waals surface area contributed by atoms with E-state index in [1.54, 1.807) is 0 Å². The third-order valence-corrected chi connectivity index (χ3v) is 5.83. The number of anilines is 1. The molecule has 0 unspecified atom stereocenters. The van der Waals surface area contributed by atoms with Gasteiger partial charge >= 0.3 is 6.09 Å². The molecule has 8 heteroatoms. The highest BCUT2D eigenvalue weighted by atomic mass is 16.6. The Balaban J connectivity index is 1.44. The summed E-state index contributed by atoms with van der Waals surface area (Å²) in [5.41, 5.74) is 1.52. The lowest BCUT2D eigenvalue weighted by Gasteiger charge is -2.32. The number of hydrogen-bond donors (Lipinski definition) is 1. The van der Waals surface area contributed by atoms with Crippen LogP contribution in [0.4, 0.5) is 10.5 Å². The van der Waals surface area contributed by atoms with Crippen LogP contribution in [-0.2, 0) is 9.47 Å². The van der Waals surface area contributed by atoms with Crippen molar-refractivity contribution in [2.24, 2.45) is 0 Å². The van der Waals surface area contributed by atoms with Gasteiger partial charge in [-0.15, -0.1) is 0 Å². The van der Waals surface area contributed by atoms with Crippen molar-refractivity contribution in [1.82, 2.24) is 15.3 Å². The molecule has 1 saturated heterocycles. The summed E-state index contributed by atoms with van der Waals surface area (Å²) in [7, 11) is 0. The highest BCUT2D eigenvalue weighted by Gasteiger charge is 2.26. The predicted octanol–water partition coefficient (Wildman–Crippen LogP) is 3.99. The average Bonchev–Trinajstić information content (AvgIpc) is 2.74. The SMILES string of the molecule is Cc1ncc2c(OC3CCC(NC(=O)OC(C)(C)C)CC3)cc(N3CCOCC3)cc2n1. The molecule has 2 aromatic rings. The first-order chi connectivity index (χ1) is 15.3. The smallest absolute Gasteiger partial charge is 0.407 e. The number of hydrogen-bond acceptors (Lipinski definition) is 7. The van der Waals surface area contributed by atoms with E-state index in [1.807, 2.05) is 33.9 Å². The Kier molecular flexibility index (Phi) is 6.69. The normalized spacial score (nSPS) is 21.9. The Morgan fingerprint density at radius 2 is 1.88 bits per heavy atom. The van der Waals surface area contributed by atoms with Gasteiger partial charge in [-0.05, 0) is 59.4 Å². The fourth-order valence-electron chi connectivity index (χ4n) is 4.26. The molecule has 0 bridgehead atoms. The van der Waals surface area contributed by atoms with Crippen molar-refractivity contribution in [3.05, 3.63) is 24.2 Å².